The number of hydrogen-bond acceptors (Lipinski definition) is 4. The minimum Gasteiger partial charge on any atom is -0.497 e. The zero-order valence-corrected chi connectivity index (χ0v) is 11.1. The zero-order chi connectivity index (χ0) is 13.8. The number of carbonyl (C=O) groups excluding carboxylic acids is 1. The van der Waals surface area contributed by atoms with Gasteiger partial charge in [0.25, 0.3) is 5.91 Å². The molecule has 1 amide bonds. The zero-order valence-electron chi connectivity index (χ0n) is 11.1. The first-order valence-electron chi connectivity index (χ1n) is 5.86. The van der Waals surface area contributed by atoms with Gasteiger partial charge in [0.15, 0.2) is 0 Å². The maximum absolute atomic E-state index is 12.0. The number of carbonyl (C=O) groups is 1. The van der Waals surface area contributed by atoms with E-state index in [2.05, 4.69) is 15.3 Å². The summed E-state index contributed by atoms with van der Waals surface area (Å²) < 4.78 is 5.06. The Bertz CT molecular complexity index is 574. The molecule has 98 valence electrons. The molecule has 0 aliphatic heterocycles. The highest BCUT2D eigenvalue weighted by Gasteiger charge is 2.09. The van der Waals surface area contributed by atoms with E-state index in [1.54, 1.807) is 44.4 Å². The fourth-order valence-corrected chi connectivity index (χ4v) is 1.70. The lowest BCUT2D eigenvalue weighted by molar-refractivity contribution is 0.102. The maximum Gasteiger partial charge on any atom is 0.274 e. The predicted molar refractivity (Wildman–Crippen MR) is 72.5 cm³/mol. The van der Waals surface area contributed by atoms with Crippen molar-refractivity contribution in [3.8, 4) is 5.75 Å². The average molecular weight is 257 g/mol. The van der Waals surface area contributed by atoms with Gasteiger partial charge in [-0.15, -0.1) is 0 Å². The Morgan fingerprint density at radius 2 is 1.84 bits per heavy atom. The summed E-state index contributed by atoms with van der Waals surface area (Å²) in [6.07, 6.45) is 0. The van der Waals surface area contributed by atoms with Crippen molar-refractivity contribution < 1.29 is 9.53 Å². The van der Waals surface area contributed by atoms with Crippen LogP contribution in [0.2, 0.25) is 0 Å². The van der Waals surface area contributed by atoms with Crippen molar-refractivity contribution >= 4 is 11.6 Å². The van der Waals surface area contributed by atoms with Crippen LogP contribution in [0, 0.1) is 13.8 Å². The third-order valence-corrected chi connectivity index (χ3v) is 2.55. The maximum atomic E-state index is 12.0. The number of benzene rings is 1. The van der Waals surface area contributed by atoms with Gasteiger partial charge in [-0.25, -0.2) is 9.97 Å². The molecule has 2 rings (SSSR count). The van der Waals surface area contributed by atoms with Crippen molar-refractivity contribution in [1.82, 2.24) is 9.97 Å². The topological polar surface area (TPSA) is 64.1 Å². The van der Waals surface area contributed by atoms with Crippen molar-refractivity contribution in [2.24, 2.45) is 0 Å². The number of rotatable bonds is 3. The van der Waals surface area contributed by atoms with Gasteiger partial charge in [0.1, 0.15) is 17.3 Å². The van der Waals surface area contributed by atoms with Crippen LogP contribution in [0.1, 0.15) is 22.0 Å². The van der Waals surface area contributed by atoms with E-state index in [0.29, 0.717) is 17.2 Å². The second-order valence-electron chi connectivity index (χ2n) is 4.12. The number of methoxy groups -OCH3 is 1. The highest BCUT2D eigenvalue weighted by molar-refractivity contribution is 6.02. The fraction of sp³-hybridized carbons (Fsp3) is 0.214. The fourth-order valence-electron chi connectivity index (χ4n) is 1.70. The van der Waals surface area contributed by atoms with Gasteiger partial charge in [-0.05, 0) is 44.2 Å². The number of anilines is 1. The second-order valence-corrected chi connectivity index (χ2v) is 4.12. The second kappa shape index (κ2) is 5.48. The van der Waals surface area contributed by atoms with Crippen LogP contribution in [0.25, 0.3) is 0 Å². The molecule has 0 aliphatic rings. The predicted octanol–water partition coefficient (Wildman–Crippen LogP) is 2.35. The summed E-state index contributed by atoms with van der Waals surface area (Å²) in [5, 5.41) is 2.78. The van der Waals surface area contributed by atoms with E-state index in [1.165, 1.54) is 0 Å². The van der Waals surface area contributed by atoms with Gasteiger partial charge in [-0.1, -0.05) is 0 Å². The first-order valence-corrected chi connectivity index (χ1v) is 5.86. The summed E-state index contributed by atoms with van der Waals surface area (Å²) in [6.45, 7) is 3.59. The molecule has 0 unspecified atom stereocenters. The molecule has 1 aromatic heterocycles. The number of ether oxygens (including phenoxy) is 1. The van der Waals surface area contributed by atoms with Crippen molar-refractivity contribution in [1.29, 1.82) is 0 Å². The van der Waals surface area contributed by atoms with Crippen LogP contribution in [0.15, 0.2) is 30.3 Å². The normalized spacial score (nSPS) is 10.1. The molecule has 5 heteroatoms. The number of aromatic nitrogens is 2. The third kappa shape index (κ3) is 3.28. The number of nitrogens with zero attached hydrogens (tertiary/aromatic N) is 2. The van der Waals surface area contributed by atoms with Crippen LogP contribution in [0.5, 0.6) is 5.75 Å². The molecule has 0 aliphatic carbocycles. The molecule has 1 heterocycles. The Labute approximate surface area is 111 Å². The van der Waals surface area contributed by atoms with Crippen molar-refractivity contribution in [2.75, 3.05) is 12.4 Å². The minimum absolute atomic E-state index is 0.251. The number of amides is 1. The Balaban J connectivity index is 2.15. The quantitative estimate of drug-likeness (QED) is 0.916. The lowest BCUT2D eigenvalue weighted by Gasteiger charge is -2.06. The summed E-state index contributed by atoms with van der Waals surface area (Å²) in [7, 11) is 1.60. The molecule has 2 aromatic rings. The van der Waals surface area contributed by atoms with E-state index < -0.39 is 0 Å². The molecule has 19 heavy (non-hydrogen) atoms. The molecule has 0 fully saturated rings. The molecule has 1 aromatic carbocycles. The van der Waals surface area contributed by atoms with Gasteiger partial charge in [0, 0.05) is 11.4 Å². The Kier molecular flexibility index (Phi) is 3.75. The van der Waals surface area contributed by atoms with E-state index in [1.807, 2.05) is 6.92 Å². The van der Waals surface area contributed by atoms with E-state index in [4.69, 9.17) is 4.74 Å². The molecule has 1 N–H and O–H groups in total. The van der Waals surface area contributed by atoms with Crippen molar-refractivity contribution in [2.45, 2.75) is 13.8 Å². The third-order valence-electron chi connectivity index (χ3n) is 2.55. The van der Waals surface area contributed by atoms with E-state index >= 15 is 0 Å². The highest BCUT2D eigenvalue weighted by Crippen LogP contribution is 2.15. The monoisotopic (exact) mass is 257 g/mol. The van der Waals surface area contributed by atoms with Crippen LogP contribution >= 0.6 is 0 Å². The SMILES string of the molecule is COc1ccc(NC(=O)c2cc(C)nc(C)n2)cc1. The van der Waals surface area contributed by atoms with Gasteiger partial charge < -0.3 is 10.1 Å². The van der Waals surface area contributed by atoms with Crippen LogP contribution in [-0.4, -0.2) is 23.0 Å². The summed E-state index contributed by atoms with van der Waals surface area (Å²) in [6, 6.07) is 8.78. The number of hydrogen-bond donors (Lipinski definition) is 1. The smallest absolute Gasteiger partial charge is 0.274 e. The molecule has 0 spiro atoms. The van der Waals surface area contributed by atoms with Gasteiger partial charge in [-0.2, -0.15) is 0 Å². The average Bonchev–Trinajstić information content (AvgIpc) is 2.38. The first-order chi connectivity index (χ1) is 9.08. The van der Waals surface area contributed by atoms with Crippen molar-refractivity contribution in [3.05, 3.63) is 47.5 Å². The van der Waals surface area contributed by atoms with Crippen LogP contribution in [0.3, 0.4) is 0 Å². The molecule has 5 nitrogen and oxygen atoms in total. The largest absolute Gasteiger partial charge is 0.497 e. The molecule has 0 saturated carbocycles. The van der Waals surface area contributed by atoms with Crippen molar-refractivity contribution in [3.63, 3.8) is 0 Å². The summed E-state index contributed by atoms with van der Waals surface area (Å²) in [5.41, 5.74) is 1.83. The van der Waals surface area contributed by atoms with Crippen LogP contribution in [-0.2, 0) is 0 Å². The summed E-state index contributed by atoms with van der Waals surface area (Å²) in [5.74, 6) is 1.07. The lowest BCUT2D eigenvalue weighted by Crippen LogP contribution is -2.15. The molecule has 0 bridgehead atoms. The lowest BCUT2D eigenvalue weighted by atomic mass is 10.2. The Morgan fingerprint density at radius 3 is 2.42 bits per heavy atom. The van der Waals surface area contributed by atoms with E-state index in [9.17, 15) is 4.79 Å². The highest BCUT2D eigenvalue weighted by atomic mass is 16.5. The van der Waals surface area contributed by atoms with Gasteiger partial charge in [0.05, 0.1) is 7.11 Å². The molecule has 0 saturated heterocycles. The molecular formula is C14H15N3O2. The Morgan fingerprint density at radius 1 is 1.16 bits per heavy atom. The molecule has 0 atom stereocenters. The van der Waals surface area contributed by atoms with Gasteiger partial charge >= 0.3 is 0 Å². The summed E-state index contributed by atoms with van der Waals surface area (Å²) >= 11 is 0. The molecule has 0 radical (unpaired) electrons. The van der Waals surface area contributed by atoms with E-state index in [-0.39, 0.29) is 5.91 Å². The standard InChI is InChI=1S/C14H15N3O2/c1-9-8-13(16-10(2)15-9)14(18)17-11-4-6-12(19-3)7-5-11/h4-8H,1-3H3,(H,17,18). The first kappa shape index (κ1) is 13.0. The Hall–Kier alpha value is -2.43. The van der Waals surface area contributed by atoms with Crippen LogP contribution in [0.4, 0.5) is 5.69 Å². The minimum atomic E-state index is -0.251. The van der Waals surface area contributed by atoms with Gasteiger partial charge in [-0.3, -0.25) is 4.79 Å². The van der Waals surface area contributed by atoms with Crippen LogP contribution < -0.4 is 10.1 Å². The van der Waals surface area contributed by atoms with E-state index in [0.717, 1.165) is 11.4 Å². The number of nitrogens with one attached hydrogen (secondary N) is 1. The number of aryl methyl sites for hydroxylation is 2. The van der Waals surface area contributed by atoms with Gasteiger partial charge in [0.2, 0.25) is 0 Å². The summed E-state index contributed by atoms with van der Waals surface area (Å²) in [4.78, 5) is 20.3. The molecular weight excluding hydrogens is 242 g/mol.